The van der Waals surface area contributed by atoms with Gasteiger partial charge in [0.05, 0.1) is 12.2 Å². The molecule has 1 fully saturated rings. The molecule has 3 aromatic carbocycles. The van der Waals surface area contributed by atoms with E-state index in [0.717, 1.165) is 10.5 Å². The van der Waals surface area contributed by atoms with E-state index in [2.05, 4.69) is 0 Å². The van der Waals surface area contributed by atoms with Crippen molar-refractivity contribution in [3.05, 3.63) is 95.3 Å². The van der Waals surface area contributed by atoms with Crippen LogP contribution in [0.2, 0.25) is 0 Å². The zero-order valence-corrected chi connectivity index (χ0v) is 19.5. The van der Waals surface area contributed by atoms with Gasteiger partial charge in [0, 0.05) is 11.3 Å². The summed E-state index contributed by atoms with van der Waals surface area (Å²) >= 11 is 0. The summed E-state index contributed by atoms with van der Waals surface area (Å²) in [6, 6.07) is 19.4. The number of para-hydroxylation sites is 1. The molecule has 0 radical (unpaired) electrons. The lowest BCUT2D eigenvalue weighted by Crippen LogP contribution is -2.54. The highest BCUT2D eigenvalue weighted by molar-refractivity contribution is 7.94. The van der Waals surface area contributed by atoms with Crippen molar-refractivity contribution in [1.82, 2.24) is 0 Å². The first-order chi connectivity index (χ1) is 16.2. The quantitative estimate of drug-likeness (QED) is 0.566. The summed E-state index contributed by atoms with van der Waals surface area (Å²) in [6.45, 7) is 4.03. The number of benzene rings is 3. The van der Waals surface area contributed by atoms with E-state index in [9.17, 15) is 22.4 Å². The van der Waals surface area contributed by atoms with E-state index >= 15 is 0 Å². The normalized spacial score (nSPS) is 21.1. The third-order valence-corrected chi connectivity index (χ3v) is 8.57. The van der Waals surface area contributed by atoms with Crippen LogP contribution >= 0.6 is 0 Å². The Hall–Kier alpha value is -3.52. The van der Waals surface area contributed by atoms with E-state index in [4.69, 9.17) is 0 Å². The Labute approximate surface area is 197 Å². The summed E-state index contributed by atoms with van der Waals surface area (Å²) in [5.41, 5.74) is 2.49. The lowest BCUT2D eigenvalue weighted by molar-refractivity contribution is -0.123. The van der Waals surface area contributed by atoms with E-state index < -0.39 is 38.1 Å². The molecule has 174 valence electrons. The minimum atomic E-state index is -4.24. The van der Waals surface area contributed by atoms with Gasteiger partial charge in [-0.2, -0.15) is 0 Å². The van der Waals surface area contributed by atoms with E-state index in [1.165, 1.54) is 23.1 Å². The molecule has 0 bridgehead atoms. The second-order valence-corrected chi connectivity index (χ2v) is 11.0. The highest BCUT2D eigenvalue weighted by atomic mass is 32.2. The molecule has 0 aromatic heterocycles. The van der Waals surface area contributed by atoms with Crippen molar-refractivity contribution in [2.45, 2.75) is 31.2 Å². The van der Waals surface area contributed by atoms with Crippen LogP contribution in [0, 0.1) is 5.82 Å². The topological polar surface area (TPSA) is 74.8 Å². The molecule has 6 nitrogen and oxygen atoms in total. The van der Waals surface area contributed by atoms with E-state index in [1.807, 2.05) is 26.0 Å². The van der Waals surface area contributed by atoms with Crippen LogP contribution in [0.5, 0.6) is 0 Å². The van der Waals surface area contributed by atoms with Gasteiger partial charge in [-0.3, -0.25) is 14.5 Å². The van der Waals surface area contributed by atoms with Crippen molar-refractivity contribution in [2.24, 2.45) is 0 Å². The summed E-state index contributed by atoms with van der Waals surface area (Å²) < 4.78 is 41.0. The average molecular weight is 479 g/mol. The summed E-state index contributed by atoms with van der Waals surface area (Å²) in [7, 11) is -4.24. The number of amides is 2. The van der Waals surface area contributed by atoms with Crippen molar-refractivity contribution >= 4 is 33.0 Å². The summed E-state index contributed by atoms with van der Waals surface area (Å²) in [5, 5.41) is 0. The number of carbonyl (C=O) groups is 2. The fourth-order valence-electron chi connectivity index (χ4n) is 4.87. The molecule has 2 aliphatic heterocycles. The molecule has 2 aliphatic rings. The fourth-order valence-corrected chi connectivity index (χ4v) is 6.91. The molecule has 0 N–H and O–H groups in total. The van der Waals surface area contributed by atoms with Gasteiger partial charge in [0.25, 0.3) is 10.8 Å². The maximum absolute atomic E-state index is 14.1. The lowest BCUT2D eigenvalue weighted by atomic mass is 10.0. The molecule has 5 rings (SSSR count). The van der Waals surface area contributed by atoms with Gasteiger partial charge in [-0.25, -0.2) is 12.8 Å². The first-order valence-electron chi connectivity index (χ1n) is 11.0. The van der Waals surface area contributed by atoms with E-state index in [-0.39, 0.29) is 18.0 Å². The van der Waals surface area contributed by atoms with Crippen molar-refractivity contribution in [2.75, 3.05) is 15.6 Å². The van der Waals surface area contributed by atoms with Crippen LogP contribution < -0.4 is 9.80 Å². The highest BCUT2D eigenvalue weighted by Gasteiger charge is 2.69. The molecule has 34 heavy (non-hydrogen) atoms. The SMILES string of the molecule is CC(C)c1ccc(N2C(=O)CS(=O)(=O)[C@@]23C(=O)N(Cc2cccc(F)c2)c2ccccc23)cc1. The van der Waals surface area contributed by atoms with Gasteiger partial charge in [-0.15, -0.1) is 0 Å². The van der Waals surface area contributed by atoms with Crippen LogP contribution in [0.25, 0.3) is 0 Å². The smallest absolute Gasteiger partial charge is 0.274 e. The van der Waals surface area contributed by atoms with Crippen LogP contribution in [0.15, 0.2) is 72.8 Å². The minimum Gasteiger partial charge on any atom is -0.304 e. The van der Waals surface area contributed by atoms with Crippen molar-refractivity contribution in [3.63, 3.8) is 0 Å². The fraction of sp³-hybridized carbons (Fsp3) is 0.231. The van der Waals surface area contributed by atoms with Crippen LogP contribution in [0.3, 0.4) is 0 Å². The number of hydrogen-bond donors (Lipinski definition) is 0. The van der Waals surface area contributed by atoms with Crippen LogP contribution in [-0.4, -0.2) is 26.0 Å². The molecule has 0 aliphatic carbocycles. The Balaban J connectivity index is 1.70. The molecule has 8 heteroatoms. The van der Waals surface area contributed by atoms with Gasteiger partial charge in [0.1, 0.15) is 11.6 Å². The third-order valence-electron chi connectivity index (χ3n) is 6.47. The molecule has 3 aromatic rings. The Morgan fingerprint density at radius 3 is 2.35 bits per heavy atom. The summed E-state index contributed by atoms with van der Waals surface area (Å²) in [5.74, 6) is -2.38. The molecular formula is C26H23FN2O4S. The zero-order chi connectivity index (χ0) is 24.3. The number of fused-ring (bicyclic) bond motifs is 2. The number of hydrogen-bond acceptors (Lipinski definition) is 4. The van der Waals surface area contributed by atoms with Gasteiger partial charge in [-0.1, -0.05) is 56.3 Å². The van der Waals surface area contributed by atoms with Crippen molar-refractivity contribution < 1.29 is 22.4 Å². The van der Waals surface area contributed by atoms with E-state index in [1.54, 1.807) is 42.5 Å². The first kappa shape index (κ1) is 22.3. The molecule has 0 unspecified atom stereocenters. The Morgan fingerprint density at radius 1 is 0.971 bits per heavy atom. The second kappa shape index (κ2) is 7.77. The number of carbonyl (C=O) groups excluding carboxylic acids is 2. The van der Waals surface area contributed by atoms with Gasteiger partial charge >= 0.3 is 0 Å². The predicted octanol–water partition coefficient (Wildman–Crippen LogP) is 4.11. The standard InChI is InChI=1S/C26H23FN2O4S/c1-17(2)19-10-12-21(13-11-19)29-24(30)16-34(32,33)26(29)22-8-3-4-9-23(22)28(25(26)31)15-18-6-5-7-20(27)14-18/h3-14,17H,15-16H2,1-2H3/t26-/m0/s1. The monoisotopic (exact) mass is 478 g/mol. The van der Waals surface area contributed by atoms with Crippen molar-refractivity contribution in [1.29, 1.82) is 0 Å². The van der Waals surface area contributed by atoms with Crippen LogP contribution in [-0.2, 0) is 30.8 Å². The first-order valence-corrected chi connectivity index (χ1v) is 12.6. The van der Waals surface area contributed by atoms with Gasteiger partial charge in [0.2, 0.25) is 5.91 Å². The Kier molecular flexibility index (Phi) is 5.09. The molecule has 2 amide bonds. The number of rotatable bonds is 4. The molecule has 1 saturated heterocycles. The Bertz CT molecular complexity index is 1420. The van der Waals surface area contributed by atoms with E-state index in [0.29, 0.717) is 16.9 Å². The second-order valence-electron chi connectivity index (χ2n) is 8.92. The van der Waals surface area contributed by atoms with Gasteiger partial charge < -0.3 is 4.90 Å². The number of halogens is 1. The maximum atomic E-state index is 14.1. The van der Waals surface area contributed by atoms with Gasteiger partial charge in [0.15, 0.2) is 9.84 Å². The molecule has 2 heterocycles. The molecular weight excluding hydrogens is 455 g/mol. The maximum Gasteiger partial charge on any atom is 0.274 e. The zero-order valence-electron chi connectivity index (χ0n) is 18.7. The Morgan fingerprint density at radius 2 is 1.68 bits per heavy atom. The predicted molar refractivity (Wildman–Crippen MR) is 128 cm³/mol. The summed E-state index contributed by atoms with van der Waals surface area (Å²) in [6.07, 6.45) is 0. The van der Waals surface area contributed by atoms with Crippen LogP contribution in [0.1, 0.15) is 36.5 Å². The van der Waals surface area contributed by atoms with Gasteiger partial charge in [-0.05, 0) is 47.4 Å². The molecule has 1 spiro atoms. The molecule has 1 atom stereocenters. The number of anilines is 2. The summed E-state index contributed by atoms with van der Waals surface area (Å²) in [4.78, 5) is 27.5. The third kappa shape index (κ3) is 3.09. The molecule has 0 saturated carbocycles. The van der Waals surface area contributed by atoms with Crippen molar-refractivity contribution in [3.8, 4) is 0 Å². The van der Waals surface area contributed by atoms with Crippen LogP contribution in [0.4, 0.5) is 15.8 Å². The average Bonchev–Trinajstić information content (AvgIpc) is 3.16. The number of sulfone groups is 1. The highest BCUT2D eigenvalue weighted by Crippen LogP contribution is 2.52. The largest absolute Gasteiger partial charge is 0.304 e. The number of nitrogens with zero attached hydrogens (tertiary/aromatic N) is 2. The lowest BCUT2D eigenvalue weighted by Gasteiger charge is -2.32. The minimum absolute atomic E-state index is 0.0286.